The van der Waals surface area contributed by atoms with Gasteiger partial charge in [-0.05, 0) is 37.5 Å². The van der Waals surface area contributed by atoms with Crippen molar-refractivity contribution in [2.75, 3.05) is 19.8 Å². The van der Waals surface area contributed by atoms with Crippen LogP contribution in [0.4, 0.5) is 0 Å². The quantitative estimate of drug-likeness (QED) is 0.783. The molecule has 0 saturated heterocycles. The van der Waals surface area contributed by atoms with Gasteiger partial charge in [-0.1, -0.05) is 13.0 Å². The molecule has 4 heteroatoms. The summed E-state index contributed by atoms with van der Waals surface area (Å²) in [6, 6.07) is 7.74. The van der Waals surface area contributed by atoms with Crippen LogP contribution in [0.3, 0.4) is 0 Å². The van der Waals surface area contributed by atoms with Gasteiger partial charge in [-0.3, -0.25) is 0 Å². The molecule has 0 bridgehead atoms. The van der Waals surface area contributed by atoms with Crippen LogP contribution < -0.4 is 9.47 Å². The molecule has 1 atom stereocenters. The van der Waals surface area contributed by atoms with Crippen LogP contribution in [0.15, 0.2) is 18.2 Å². The Labute approximate surface area is 114 Å². The van der Waals surface area contributed by atoms with Gasteiger partial charge in [0.1, 0.15) is 0 Å². The maximum absolute atomic E-state index is 9.05. The molecule has 0 aliphatic heterocycles. The molecule has 0 heterocycles. The second-order valence-corrected chi connectivity index (χ2v) is 4.28. The molecule has 0 aliphatic carbocycles. The van der Waals surface area contributed by atoms with E-state index >= 15 is 0 Å². The fraction of sp³-hybridized carbons (Fsp3) is 0.533. The molecule has 0 saturated carbocycles. The van der Waals surface area contributed by atoms with Crippen molar-refractivity contribution in [3.8, 4) is 17.6 Å². The predicted octanol–water partition coefficient (Wildman–Crippen LogP) is 2.55. The Balaban J connectivity index is 2.85. The zero-order valence-corrected chi connectivity index (χ0v) is 11.6. The van der Waals surface area contributed by atoms with Crippen molar-refractivity contribution in [1.29, 1.82) is 5.26 Å². The summed E-state index contributed by atoms with van der Waals surface area (Å²) in [6.07, 6.45) is 1.45. The molecule has 0 aromatic heterocycles. The SMILES string of the molecule is CCCOc1ccc(CC(C#N)CO)cc1OCC. The molecule has 104 valence electrons. The first kappa shape index (κ1) is 15.3. The van der Waals surface area contributed by atoms with E-state index in [1.807, 2.05) is 32.0 Å². The zero-order chi connectivity index (χ0) is 14.1. The summed E-state index contributed by atoms with van der Waals surface area (Å²) in [5, 5.41) is 17.9. The van der Waals surface area contributed by atoms with Gasteiger partial charge >= 0.3 is 0 Å². The number of rotatable bonds is 8. The molecule has 1 unspecified atom stereocenters. The molecular weight excluding hydrogens is 242 g/mol. The van der Waals surface area contributed by atoms with Gasteiger partial charge in [0.05, 0.1) is 31.8 Å². The first-order valence-corrected chi connectivity index (χ1v) is 6.64. The second-order valence-electron chi connectivity index (χ2n) is 4.28. The van der Waals surface area contributed by atoms with E-state index in [4.69, 9.17) is 19.8 Å². The van der Waals surface area contributed by atoms with Crippen LogP contribution in [0, 0.1) is 17.2 Å². The standard InChI is InChI=1S/C15H21NO3/c1-3-7-19-14-6-5-12(8-13(10-16)11-17)9-15(14)18-4-2/h5-6,9,13,17H,3-4,7-8,11H2,1-2H3. The van der Waals surface area contributed by atoms with Gasteiger partial charge in [0.25, 0.3) is 0 Å². The highest BCUT2D eigenvalue weighted by atomic mass is 16.5. The third-order valence-electron chi connectivity index (χ3n) is 2.65. The van der Waals surface area contributed by atoms with Gasteiger partial charge in [0.15, 0.2) is 11.5 Å². The molecule has 0 spiro atoms. The molecule has 19 heavy (non-hydrogen) atoms. The Morgan fingerprint density at radius 3 is 2.63 bits per heavy atom. The maximum Gasteiger partial charge on any atom is 0.161 e. The highest BCUT2D eigenvalue weighted by Crippen LogP contribution is 2.29. The van der Waals surface area contributed by atoms with Crippen molar-refractivity contribution in [2.45, 2.75) is 26.7 Å². The topological polar surface area (TPSA) is 62.5 Å². The van der Waals surface area contributed by atoms with Crippen molar-refractivity contribution < 1.29 is 14.6 Å². The lowest BCUT2D eigenvalue weighted by Crippen LogP contribution is -2.07. The summed E-state index contributed by atoms with van der Waals surface area (Å²) in [7, 11) is 0. The van der Waals surface area contributed by atoms with Gasteiger partial charge in [-0.2, -0.15) is 5.26 Å². The first-order valence-electron chi connectivity index (χ1n) is 6.64. The van der Waals surface area contributed by atoms with Crippen molar-refractivity contribution in [3.05, 3.63) is 23.8 Å². The Morgan fingerprint density at radius 1 is 1.26 bits per heavy atom. The van der Waals surface area contributed by atoms with E-state index in [1.54, 1.807) is 0 Å². The van der Waals surface area contributed by atoms with E-state index in [2.05, 4.69) is 6.07 Å². The number of nitriles is 1. The zero-order valence-electron chi connectivity index (χ0n) is 11.6. The van der Waals surface area contributed by atoms with Crippen LogP contribution in [-0.2, 0) is 6.42 Å². The Kier molecular flexibility index (Phi) is 6.76. The molecule has 0 fully saturated rings. The highest BCUT2D eigenvalue weighted by Gasteiger charge is 2.11. The minimum atomic E-state index is -0.378. The van der Waals surface area contributed by atoms with Crippen molar-refractivity contribution in [3.63, 3.8) is 0 Å². The molecule has 1 aromatic rings. The molecule has 1 aromatic carbocycles. The average Bonchev–Trinajstić information content (AvgIpc) is 2.44. The van der Waals surface area contributed by atoms with E-state index in [0.717, 1.165) is 17.7 Å². The van der Waals surface area contributed by atoms with Crippen LogP contribution in [0.25, 0.3) is 0 Å². The number of hydrogen-bond donors (Lipinski definition) is 1. The van der Waals surface area contributed by atoms with Gasteiger partial charge in [0, 0.05) is 0 Å². The van der Waals surface area contributed by atoms with E-state index in [1.165, 1.54) is 0 Å². The first-order chi connectivity index (χ1) is 9.24. The van der Waals surface area contributed by atoms with Crippen LogP contribution in [-0.4, -0.2) is 24.9 Å². The van der Waals surface area contributed by atoms with Crippen LogP contribution >= 0.6 is 0 Å². The molecule has 1 N–H and O–H groups in total. The summed E-state index contributed by atoms with van der Waals surface area (Å²) in [4.78, 5) is 0. The Hall–Kier alpha value is -1.73. The van der Waals surface area contributed by atoms with Gasteiger partial charge in [-0.25, -0.2) is 0 Å². The fourth-order valence-electron chi connectivity index (χ4n) is 1.71. The minimum absolute atomic E-state index is 0.130. The molecule has 1 rings (SSSR count). The van der Waals surface area contributed by atoms with E-state index in [0.29, 0.717) is 25.4 Å². The highest BCUT2D eigenvalue weighted by molar-refractivity contribution is 5.43. The third kappa shape index (κ3) is 4.80. The number of ether oxygens (including phenoxy) is 2. The number of hydrogen-bond acceptors (Lipinski definition) is 4. The summed E-state index contributed by atoms with van der Waals surface area (Å²) < 4.78 is 11.2. The molecule has 4 nitrogen and oxygen atoms in total. The number of benzene rings is 1. The second kappa shape index (κ2) is 8.39. The fourth-order valence-corrected chi connectivity index (χ4v) is 1.71. The monoisotopic (exact) mass is 263 g/mol. The van der Waals surface area contributed by atoms with Crippen molar-refractivity contribution in [2.24, 2.45) is 5.92 Å². The van der Waals surface area contributed by atoms with E-state index in [-0.39, 0.29) is 12.5 Å². The van der Waals surface area contributed by atoms with Crippen LogP contribution in [0.5, 0.6) is 11.5 Å². The lowest BCUT2D eigenvalue weighted by atomic mass is 10.0. The van der Waals surface area contributed by atoms with Gasteiger partial charge in [-0.15, -0.1) is 0 Å². The average molecular weight is 263 g/mol. The number of nitrogens with zero attached hydrogens (tertiary/aromatic N) is 1. The number of aliphatic hydroxyl groups is 1. The Morgan fingerprint density at radius 2 is 2.05 bits per heavy atom. The smallest absolute Gasteiger partial charge is 0.161 e. The summed E-state index contributed by atoms with van der Waals surface area (Å²) >= 11 is 0. The Bertz CT molecular complexity index is 426. The largest absolute Gasteiger partial charge is 0.490 e. The van der Waals surface area contributed by atoms with Crippen molar-refractivity contribution >= 4 is 0 Å². The van der Waals surface area contributed by atoms with E-state index in [9.17, 15) is 0 Å². The van der Waals surface area contributed by atoms with Crippen molar-refractivity contribution in [1.82, 2.24) is 0 Å². The molecule has 0 aliphatic rings. The molecule has 0 amide bonds. The third-order valence-corrected chi connectivity index (χ3v) is 2.65. The van der Waals surface area contributed by atoms with Crippen LogP contribution in [0.2, 0.25) is 0 Å². The lowest BCUT2D eigenvalue weighted by Gasteiger charge is -2.13. The predicted molar refractivity (Wildman–Crippen MR) is 73.3 cm³/mol. The van der Waals surface area contributed by atoms with Crippen LogP contribution in [0.1, 0.15) is 25.8 Å². The number of aliphatic hydroxyl groups excluding tert-OH is 1. The van der Waals surface area contributed by atoms with Gasteiger partial charge in [0.2, 0.25) is 0 Å². The molecular formula is C15H21NO3. The summed E-state index contributed by atoms with van der Waals surface area (Å²) in [5.41, 5.74) is 0.966. The maximum atomic E-state index is 9.05. The lowest BCUT2D eigenvalue weighted by molar-refractivity contribution is 0.255. The normalized spacial score (nSPS) is 11.7. The molecule has 0 radical (unpaired) electrons. The summed E-state index contributed by atoms with van der Waals surface area (Å²) in [5.74, 6) is 1.05. The van der Waals surface area contributed by atoms with E-state index < -0.39 is 0 Å². The summed E-state index contributed by atoms with van der Waals surface area (Å²) in [6.45, 7) is 5.05. The minimum Gasteiger partial charge on any atom is -0.490 e. The van der Waals surface area contributed by atoms with Gasteiger partial charge < -0.3 is 14.6 Å².